The molecule has 2 rings (SSSR count). The first-order chi connectivity index (χ1) is 6.31. The average Bonchev–Trinajstić information content (AvgIpc) is 2.18. The van der Waals surface area contributed by atoms with Crippen LogP contribution in [0.4, 0.5) is 0 Å². The molecule has 1 atom stereocenters. The van der Waals surface area contributed by atoms with Gasteiger partial charge in [-0.15, -0.1) is 0 Å². The first kappa shape index (κ1) is 8.57. The van der Waals surface area contributed by atoms with Crippen LogP contribution >= 0.6 is 0 Å². The van der Waals surface area contributed by atoms with Crippen LogP contribution in [0.3, 0.4) is 0 Å². The van der Waals surface area contributed by atoms with Gasteiger partial charge in [0.1, 0.15) is 11.9 Å². The molecule has 0 bridgehead atoms. The van der Waals surface area contributed by atoms with Crippen LogP contribution in [-0.4, -0.2) is 17.8 Å². The quantitative estimate of drug-likeness (QED) is 0.709. The van der Waals surface area contributed by atoms with Gasteiger partial charge >= 0.3 is 0 Å². The number of hydrogen-bond acceptors (Lipinski definition) is 2. The second-order valence-electron chi connectivity index (χ2n) is 3.51. The zero-order valence-electron chi connectivity index (χ0n) is 7.79. The molecule has 1 aromatic rings. The third-order valence-electron chi connectivity index (χ3n) is 2.58. The minimum atomic E-state index is -0.00528. The van der Waals surface area contributed by atoms with Gasteiger partial charge in [0.15, 0.2) is 0 Å². The Balaban J connectivity index is 2.31. The van der Waals surface area contributed by atoms with E-state index in [1.807, 2.05) is 12.1 Å². The second-order valence-corrected chi connectivity index (χ2v) is 3.51. The largest absolute Gasteiger partial charge is 0.488 e. The first-order valence-electron chi connectivity index (χ1n) is 4.67. The van der Waals surface area contributed by atoms with Crippen LogP contribution in [0.25, 0.3) is 0 Å². The molecule has 0 radical (unpaired) electrons. The third kappa shape index (κ3) is 1.54. The molecule has 0 unspecified atom stereocenters. The Kier molecular flexibility index (Phi) is 2.23. The zero-order chi connectivity index (χ0) is 9.26. The maximum atomic E-state index is 8.96. The van der Waals surface area contributed by atoms with E-state index < -0.39 is 0 Å². The summed E-state index contributed by atoms with van der Waals surface area (Å²) in [5.41, 5.74) is 2.58. The minimum Gasteiger partial charge on any atom is -0.488 e. The standard InChI is InChI=1S/C11H14O2/c1-8-3-2-4-11-10(8)6-5-9(7-12)13-11/h2-4,9,12H,5-7H2,1H3/t9-/m1/s1. The molecule has 1 heterocycles. The molecule has 0 saturated carbocycles. The number of hydrogen-bond donors (Lipinski definition) is 1. The molecule has 0 saturated heterocycles. The Labute approximate surface area is 78.2 Å². The van der Waals surface area contributed by atoms with E-state index in [0.29, 0.717) is 0 Å². The van der Waals surface area contributed by atoms with Crippen molar-refractivity contribution in [3.05, 3.63) is 29.3 Å². The van der Waals surface area contributed by atoms with Crippen molar-refractivity contribution in [3.63, 3.8) is 0 Å². The van der Waals surface area contributed by atoms with Crippen LogP contribution in [0.5, 0.6) is 5.75 Å². The van der Waals surface area contributed by atoms with Crippen molar-refractivity contribution in [3.8, 4) is 5.75 Å². The maximum Gasteiger partial charge on any atom is 0.123 e. The van der Waals surface area contributed by atoms with Gasteiger partial charge in [0.05, 0.1) is 6.61 Å². The molecule has 2 heteroatoms. The summed E-state index contributed by atoms with van der Waals surface area (Å²) in [7, 11) is 0. The fraction of sp³-hybridized carbons (Fsp3) is 0.455. The highest BCUT2D eigenvalue weighted by atomic mass is 16.5. The zero-order valence-corrected chi connectivity index (χ0v) is 7.79. The van der Waals surface area contributed by atoms with Crippen molar-refractivity contribution >= 4 is 0 Å². The Morgan fingerprint density at radius 1 is 1.54 bits per heavy atom. The molecule has 2 nitrogen and oxygen atoms in total. The lowest BCUT2D eigenvalue weighted by Gasteiger charge is -2.25. The van der Waals surface area contributed by atoms with Gasteiger partial charge in [0.2, 0.25) is 0 Å². The van der Waals surface area contributed by atoms with Crippen LogP contribution in [-0.2, 0) is 6.42 Å². The second kappa shape index (κ2) is 3.38. The molecule has 0 aromatic heterocycles. The molecule has 0 spiro atoms. The number of ether oxygens (including phenoxy) is 1. The van der Waals surface area contributed by atoms with Crippen LogP contribution in [0, 0.1) is 6.92 Å². The molecular weight excluding hydrogens is 164 g/mol. The number of aliphatic hydroxyl groups excluding tert-OH is 1. The Bertz CT molecular complexity index is 307. The molecule has 70 valence electrons. The normalized spacial score (nSPS) is 20.6. The Morgan fingerprint density at radius 2 is 2.38 bits per heavy atom. The van der Waals surface area contributed by atoms with E-state index >= 15 is 0 Å². The van der Waals surface area contributed by atoms with Crippen molar-refractivity contribution < 1.29 is 9.84 Å². The van der Waals surface area contributed by atoms with Crippen molar-refractivity contribution in [1.82, 2.24) is 0 Å². The van der Waals surface area contributed by atoms with Gasteiger partial charge in [-0.25, -0.2) is 0 Å². The highest BCUT2D eigenvalue weighted by Crippen LogP contribution is 2.29. The minimum absolute atomic E-state index is 0.00528. The van der Waals surface area contributed by atoms with E-state index in [9.17, 15) is 0 Å². The molecule has 0 fully saturated rings. The summed E-state index contributed by atoms with van der Waals surface area (Å²) in [6.45, 7) is 2.22. The summed E-state index contributed by atoms with van der Waals surface area (Å²) >= 11 is 0. The molecule has 1 aromatic carbocycles. The Morgan fingerprint density at radius 3 is 3.15 bits per heavy atom. The fourth-order valence-electron chi connectivity index (χ4n) is 1.78. The molecule has 1 N–H and O–H groups in total. The SMILES string of the molecule is Cc1cccc2c1CC[C@H](CO)O2. The van der Waals surface area contributed by atoms with Gasteiger partial charge in [-0.2, -0.15) is 0 Å². The van der Waals surface area contributed by atoms with E-state index in [1.54, 1.807) is 0 Å². The smallest absolute Gasteiger partial charge is 0.123 e. The summed E-state index contributed by atoms with van der Waals surface area (Å²) in [6.07, 6.45) is 1.94. The molecule has 1 aliphatic heterocycles. The monoisotopic (exact) mass is 178 g/mol. The van der Waals surface area contributed by atoms with Gasteiger partial charge in [0, 0.05) is 0 Å². The highest BCUT2D eigenvalue weighted by Gasteiger charge is 2.19. The molecule has 13 heavy (non-hydrogen) atoms. The lowest BCUT2D eigenvalue weighted by atomic mass is 9.98. The lowest BCUT2D eigenvalue weighted by molar-refractivity contribution is 0.0976. The summed E-state index contributed by atoms with van der Waals surface area (Å²) < 4.78 is 5.61. The van der Waals surface area contributed by atoms with E-state index in [2.05, 4.69) is 13.0 Å². The van der Waals surface area contributed by atoms with Crippen molar-refractivity contribution in [1.29, 1.82) is 0 Å². The summed E-state index contributed by atoms with van der Waals surface area (Å²) in [5, 5.41) is 8.96. The van der Waals surface area contributed by atoms with E-state index in [-0.39, 0.29) is 12.7 Å². The van der Waals surface area contributed by atoms with Gasteiger partial charge in [-0.3, -0.25) is 0 Å². The number of aryl methyl sites for hydroxylation is 1. The topological polar surface area (TPSA) is 29.5 Å². The molecule has 0 amide bonds. The van der Waals surface area contributed by atoms with Crippen LogP contribution < -0.4 is 4.74 Å². The van der Waals surface area contributed by atoms with Crippen molar-refractivity contribution in [2.45, 2.75) is 25.9 Å². The predicted molar refractivity (Wildman–Crippen MR) is 51.0 cm³/mol. The first-order valence-corrected chi connectivity index (χ1v) is 4.67. The van der Waals surface area contributed by atoms with Gasteiger partial charge in [-0.1, -0.05) is 12.1 Å². The number of aliphatic hydroxyl groups is 1. The predicted octanol–water partition coefficient (Wildman–Crippen LogP) is 1.68. The molecule has 0 aliphatic carbocycles. The summed E-state index contributed by atoms with van der Waals surface area (Å²) in [5.74, 6) is 0.949. The van der Waals surface area contributed by atoms with Gasteiger partial charge in [0.25, 0.3) is 0 Å². The van der Waals surface area contributed by atoms with Crippen molar-refractivity contribution in [2.75, 3.05) is 6.61 Å². The number of rotatable bonds is 1. The average molecular weight is 178 g/mol. The molecular formula is C11H14O2. The summed E-state index contributed by atoms with van der Waals surface area (Å²) in [6, 6.07) is 6.07. The highest BCUT2D eigenvalue weighted by molar-refractivity contribution is 5.41. The van der Waals surface area contributed by atoms with Crippen LogP contribution in [0.1, 0.15) is 17.5 Å². The molecule has 1 aliphatic rings. The van der Waals surface area contributed by atoms with Crippen LogP contribution in [0.2, 0.25) is 0 Å². The van der Waals surface area contributed by atoms with E-state index in [4.69, 9.17) is 9.84 Å². The van der Waals surface area contributed by atoms with Crippen LogP contribution in [0.15, 0.2) is 18.2 Å². The van der Waals surface area contributed by atoms with Gasteiger partial charge < -0.3 is 9.84 Å². The lowest BCUT2D eigenvalue weighted by Crippen LogP contribution is -2.26. The number of benzene rings is 1. The third-order valence-corrected chi connectivity index (χ3v) is 2.58. The van der Waals surface area contributed by atoms with E-state index in [0.717, 1.165) is 18.6 Å². The number of fused-ring (bicyclic) bond motifs is 1. The van der Waals surface area contributed by atoms with Crippen molar-refractivity contribution in [2.24, 2.45) is 0 Å². The summed E-state index contributed by atoms with van der Waals surface area (Å²) in [4.78, 5) is 0. The fourth-order valence-corrected chi connectivity index (χ4v) is 1.78. The van der Waals surface area contributed by atoms with Gasteiger partial charge in [-0.05, 0) is 37.0 Å². The van der Waals surface area contributed by atoms with E-state index in [1.165, 1.54) is 11.1 Å². The Hall–Kier alpha value is -1.02. The maximum absolute atomic E-state index is 8.96.